The maximum Gasteiger partial charge on any atom is 0.338 e. The Hall–Kier alpha value is -4.95. The van der Waals surface area contributed by atoms with E-state index in [1.165, 1.54) is 11.3 Å². The summed E-state index contributed by atoms with van der Waals surface area (Å²) in [6, 6.07) is 28.9. The molecule has 4 aromatic carbocycles. The van der Waals surface area contributed by atoms with Crippen molar-refractivity contribution in [2.45, 2.75) is 33.4 Å². The lowest BCUT2D eigenvalue weighted by atomic mass is 9.96. The molecule has 0 N–H and O–H groups in total. The van der Waals surface area contributed by atoms with Crippen molar-refractivity contribution in [3.63, 3.8) is 0 Å². The molecule has 222 valence electrons. The largest absolute Gasteiger partial charge is 0.490 e. The van der Waals surface area contributed by atoms with E-state index < -0.39 is 12.0 Å². The number of carbonyl (C=O) groups excluding carboxylic acids is 1. The average molecular weight is 605 g/mol. The molecule has 1 atom stereocenters. The third kappa shape index (κ3) is 5.68. The van der Waals surface area contributed by atoms with E-state index in [0.717, 1.165) is 27.5 Å². The highest BCUT2D eigenvalue weighted by atomic mass is 32.1. The van der Waals surface area contributed by atoms with Crippen molar-refractivity contribution in [1.82, 2.24) is 4.57 Å². The number of benzene rings is 4. The van der Waals surface area contributed by atoms with Gasteiger partial charge >= 0.3 is 5.97 Å². The summed E-state index contributed by atoms with van der Waals surface area (Å²) in [7, 11) is 0. The highest BCUT2D eigenvalue weighted by Gasteiger charge is 2.33. The van der Waals surface area contributed by atoms with Gasteiger partial charge in [0.15, 0.2) is 16.3 Å². The lowest BCUT2D eigenvalue weighted by Gasteiger charge is -2.24. The predicted molar refractivity (Wildman–Crippen MR) is 173 cm³/mol. The van der Waals surface area contributed by atoms with E-state index in [1.54, 1.807) is 18.4 Å². The third-order valence-corrected chi connectivity index (χ3v) is 8.44. The molecule has 0 radical (unpaired) electrons. The lowest BCUT2D eigenvalue weighted by molar-refractivity contribution is -0.139. The van der Waals surface area contributed by atoms with E-state index in [9.17, 15) is 9.59 Å². The number of carbonyl (C=O) groups is 1. The quantitative estimate of drug-likeness (QED) is 0.195. The monoisotopic (exact) mass is 604 g/mol. The number of hydrogen-bond donors (Lipinski definition) is 0. The lowest BCUT2D eigenvalue weighted by Crippen LogP contribution is -2.39. The zero-order chi connectivity index (χ0) is 30.6. The van der Waals surface area contributed by atoms with Crippen molar-refractivity contribution in [3.8, 4) is 11.5 Å². The number of fused-ring (bicyclic) bond motifs is 2. The summed E-state index contributed by atoms with van der Waals surface area (Å²) >= 11 is 1.29. The Morgan fingerprint density at radius 2 is 1.68 bits per heavy atom. The van der Waals surface area contributed by atoms with Gasteiger partial charge in [0.25, 0.3) is 5.56 Å². The topological polar surface area (TPSA) is 79.1 Å². The fourth-order valence-electron chi connectivity index (χ4n) is 5.47. The molecule has 0 amide bonds. The van der Waals surface area contributed by atoms with Gasteiger partial charge in [0.05, 0.1) is 35.1 Å². The molecule has 0 saturated carbocycles. The van der Waals surface area contributed by atoms with Crippen LogP contribution in [0, 0.1) is 0 Å². The Morgan fingerprint density at radius 3 is 2.48 bits per heavy atom. The van der Waals surface area contributed by atoms with Gasteiger partial charge in [-0.15, -0.1) is 0 Å². The van der Waals surface area contributed by atoms with Gasteiger partial charge in [-0.2, -0.15) is 0 Å². The van der Waals surface area contributed by atoms with Crippen LogP contribution in [0.15, 0.2) is 112 Å². The predicted octanol–water partition coefficient (Wildman–Crippen LogP) is 5.93. The summed E-state index contributed by atoms with van der Waals surface area (Å²) in [6.07, 6.45) is 1.83. The van der Waals surface area contributed by atoms with Crippen LogP contribution < -0.4 is 24.4 Å². The summed E-state index contributed by atoms with van der Waals surface area (Å²) in [5.41, 5.74) is 3.35. The zero-order valence-corrected chi connectivity index (χ0v) is 25.6. The number of esters is 1. The smallest absolute Gasteiger partial charge is 0.338 e. The van der Waals surface area contributed by atoms with Crippen LogP contribution in [0.4, 0.5) is 0 Å². The number of aromatic nitrogens is 1. The van der Waals surface area contributed by atoms with Crippen molar-refractivity contribution in [2.24, 2.45) is 4.99 Å². The molecule has 0 fully saturated rings. The van der Waals surface area contributed by atoms with E-state index in [-0.39, 0.29) is 12.2 Å². The minimum absolute atomic E-state index is 0.228. The first kappa shape index (κ1) is 29.1. The molecule has 0 spiro atoms. The molecular formula is C36H32N2O5S. The molecule has 1 aliphatic heterocycles. The zero-order valence-electron chi connectivity index (χ0n) is 24.8. The summed E-state index contributed by atoms with van der Waals surface area (Å²) in [6.45, 7) is 6.55. The van der Waals surface area contributed by atoms with Gasteiger partial charge in [-0.3, -0.25) is 9.36 Å². The van der Waals surface area contributed by atoms with Crippen LogP contribution in [0.5, 0.6) is 11.5 Å². The normalized spacial score (nSPS) is 14.7. The number of allylic oxidation sites excluding steroid dienone is 1. The Kier molecular flexibility index (Phi) is 8.43. The Labute approximate surface area is 259 Å². The summed E-state index contributed by atoms with van der Waals surface area (Å²) < 4.78 is 19.7. The average Bonchev–Trinajstić information content (AvgIpc) is 3.34. The second-order valence-electron chi connectivity index (χ2n) is 10.3. The summed E-state index contributed by atoms with van der Waals surface area (Å²) in [5.74, 6) is 0.742. The Bertz CT molecular complexity index is 2050. The van der Waals surface area contributed by atoms with E-state index in [0.29, 0.717) is 45.3 Å². The molecule has 1 aliphatic rings. The molecule has 0 bridgehead atoms. The van der Waals surface area contributed by atoms with Crippen molar-refractivity contribution in [3.05, 3.63) is 139 Å². The highest BCUT2D eigenvalue weighted by Crippen LogP contribution is 2.32. The third-order valence-electron chi connectivity index (χ3n) is 7.46. The number of nitrogens with zero attached hydrogens (tertiary/aromatic N) is 2. The molecule has 1 aromatic heterocycles. The van der Waals surface area contributed by atoms with Crippen LogP contribution in [0.2, 0.25) is 0 Å². The highest BCUT2D eigenvalue weighted by molar-refractivity contribution is 7.07. The van der Waals surface area contributed by atoms with Gasteiger partial charge in [-0.1, -0.05) is 90.2 Å². The van der Waals surface area contributed by atoms with Gasteiger partial charge in [0.1, 0.15) is 6.61 Å². The first-order chi connectivity index (χ1) is 21.5. The molecule has 2 heterocycles. The maximum absolute atomic E-state index is 13.9. The number of rotatable bonds is 9. The van der Waals surface area contributed by atoms with Crippen LogP contribution >= 0.6 is 11.3 Å². The van der Waals surface area contributed by atoms with Crippen molar-refractivity contribution >= 4 is 34.2 Å². The maximum atomic E-state index is 13.9. The van der Waals surface area contributed by atoms with Crippen LogP contribution in [-0.4, -0.2) is 23.8 Å². The van der Waals surface area contributed by atoms with E-state index in [4.69, 9.17) is 14.2 Å². The number of ether oxygens (including phenoxy) is 3. The second kappa shape index (κ2) is 12.7. The molecule has 7 nitrogen and oxygen atoms in total. The van der Waals surface area contributed by atoms with Gasteiger partial charge in [0, 0.05) is 0 Å². The Morgan fingerprint density at radius 1 is 0.909 bits per heavy atom. The minimum Gasteiger partial charge on any atom is -0.490 e. The van der Waals surface area contributed by atoms with Crippen LogP contribution in [0.3, 0.4) is 0 Å². The SMILES string of the molecule is CCOC(=O)C1=C(C)N=c2s/c(=C\c3ccc(OCc4cccc5ccccc45)c(OCC)c3)c(=O)n2C1c1ccccc1. The number of thiazole rings is 1. The first-order valence-corrected chi connectivity index (χ1v) is 15.4. The van der Waals surface area contributed by atoms with Gasteiger partial charge in [0.2, 0.25) is 0 Å². The molecule has 0 saturated heterocycles. The fourth-order valence-corrected chi connectivity index (χ4v) is 6.52. The van der Waals surface area contributed by atoms with Crippen LogP contribution in [0.25, 0.3) is 16.8 Å². The van der Waals surface area contributed by atoms with E-state index >= 15 is 0 Å². The van der Waals surface area contributed by atoms with Gasteiger partial charge in [-0.25, -0.2) is 9.79 Å². The second-order valence-corrected chi connectivity index (χ2v) is 11.3. The fraction of sp³-hybridized carbons (Fsp3) is 0.194. The van der Waals surface area contributed by atoms with Gasteiger partial charge < -0.3 is 14.2 Å². The summed E-state index contributed by atoms with van der Waals surface area (Å²) in [4.78, 5) is 32.2. The van der Waals surface area contributed by atoms with Gasteiger partial charge in [-0.05, 0) is 66.4 Å². The molecular weight excluding hydrogens is 572 g/mol. The molecule has 1 unspecified atom stereocenters. The molecule has 44 heavy (non-hydrogen) atoms. The standard InChI is InChI=1S/C36H32N2O5S/c1-4-41-30-20-24(18-19-29(30)43-22-27-16-11-15-25-12-9-10-17-28(25)27)21-31-34(39)38-33(26-13-7-6-8-14-26)32(35(40)42-5-2)23(3)37-36(38)44-31/h6-21,33H,4-5,22H2,1-3H3/b31-21-. The van der Waals surface area contributed by atoms with E-state index in [1.807, 2.05) is 79.7 Å². The first-order valence-electron chi connectivity index (χ1n) is 14.6. The minimum atomic E-state index is -0.641. The van der Waals surface area contributed by atoms with Crippen LogP contribution in [-0.2, 0) is 16.1 Å². The molecule has 0 aliphatic carbocycles. The Balaban J connectivity index is 1.37. The van der Waals surface area contributed by atoms with Crippen LogP contribution in [0.1, 0.15) is 43.5 Å². The number of hydrogen-bond acceptors (Lipinski definition) is 7. The molecule has 6 rings (SSSR count). The van der Waals surface area contributed by atoms with E-state index in [2.05, 4.69) is 29.3 Å². The van der Waals surface area contributed by atoms with Crippen molar-refractivity contribution in [1.29, 1.82) is 0 Å². The van der Waals surface area contributed by atoms with Crippen molar-refractivity contribution < 1.29 is 19.0 Å². The summed E-state index contributed by atoms with van der Waals surface area (Å²) in [5, 5.41) is 2.31. The molecule has 8 heteroatoms. The van der Waals surface area contributed by atoms with Crippen molar-refractivity contribution in [2.75, 3.05) is 13.2 Å². The molecule has 5 aromatic rings.